The van der Waals surface area contributed by atoms with E-state index in [1.54, 1.807) is 18.2 Å². The summed E-state index contributed by atoms with van der Waals surface area (Å²) in [5, 5.41) is 6.94. The van der Waals surface area contributed by atoms with Gasteiger partial charge in [0, 0.05) is 24.1 Å². The highest BCUT2D eigenvalue weighted by molar-refractivity contribution is 5.85. The number of likely N-dealkylation sites (N-methyl/N-ethyl adjacent to an activating group) is 1. The first-order chi connectivity index (χ1) is 12.5. The predicted octanol–water partition coefficient (Wildman–Crippen LogP) is 4.26. The van der Waals surface area contributed by atoms with E-state index in [0.717, 1.165) is 0 Å². The Labute approximate surface area is 162 Å². The van der Waals surface area contributed by atoms with Crippen molar-refractivity contribution in [3.05, 3.63) is 53.9 Å². The molecular formula is C19H20ClF2N3O2. The van der Waals surface area contributed by atoms with Crippen molar-refractivity contribution in [2.45, 2.75) is 19.4 Å². The van der Waals surface area contributed by atoms with Crippen LogP contribution in [0.5, 0.6) is 5.75 Å². The van der Waals surface area contributed by atoms with Gasteiger partial charge in [-0.15, -0.1) is 12.4 Å². The van der Waals surface area contributed by atoms with E-state index in [9.17, 15) is 8.78 Å². The Morgan fingerprint density at radius 2 is 1.81 bits per heavy atom. The summed E-state index contributed by atoms with van der Waals surface area (Å²) in [7, 11) is 3.29. The molecule has 0 aliphatic heterocycles. The van der Waals surface area contributed by atoms with Gasteiger partial charge in [0.2, 0.25) is 0 Å². The standard InChI is InChI=1S/C19H19F2N3O2.ClH/c1-11(22-2)8-18-23-19(26-24-18)15-6-4-12(9-16(15)20)14-7-5-13(25-3)10-17(14)21;/h4-7,9-11,22H,8H2,1-3H3;1H. The summed E-state index contributed by atoms with van der Waals surface area (Å²) < 4.78 is 38.9. The zero-order valence-corrected chi connectivity index (χ0v) is 15.9. The quantitative estimate of drug-likeness (QED) is 0.675. The number of nitrogens with one attached hydrogen (secondary N) is 1. The van der Waals surface area contributed by atoms with E-state index in [0.29, 0.717) is 23.6 Å². The number of rotatable bonds is 6. The van der Waals surface area contributed by atoms with Gasteiger partial charge in [-0.3, -0.25) is 0 Å². The first-order valence-electron chi connectivity index (χ1n) is 8.15. The lowest BCUT2D eigenvalue weighted by Gasteiger charge is -2.07. The Hall–Kier alpha value is -2.51. The lowest BCUT2D eigenvalue weighted by molar-refractivity contribution is 0.411. The van der Waals surface area contributed by atoms with Crippen molar-refractivity contribution in [1.82, 2.24) is 15.5 Å². The molecule has 1 aromatic heterocycles. The van der Waals surface area contributed by atoms with Gasteiger partial charge in [-0.05, 0) is 43.8 Å². The maximum atomic E-state index is 14.5. The minimum atomic E-state index is -0.561. The van der Waals surface area contributed by atoms with E-state index >= 15 is 0 Å². The zero-order valence-electron chi connectivity index (χ0n) is 15.1. The van der Waals surface area contributed by atoms with Gasteiger partial charge in [-0.25, -0.2) is 8.78 Å². The van der Waals surface area contributed by atoms with Crippen molar-refractivity contribution < 1.29 is 18.0 Å². The number of hydrogen-bond acceptors (Lipinski definition) is 5. The molecule has 0 spiro atoms. The third-order valence-electron chi connectivity index (χ3n) is 4.14. The van der Waals surface area contributed by atoms with Crippen LogP contribution in [-0.4, -0.2) is 30.3 Å². The summed E-state index contributed by atoms with van der Waals surface area (Å²) in [6, 6.07) is 8.97. The van der Waals surface area contributed by atoms with Gasteiger partial charge in [0.05, 0.1) is 12.7 Å². The Balaban J connectivity index is 0.00000261. The second-order valence-corrected chi connectivity index (χ2v) is 5.95. The monoisotopic (exact) mass is 395 g/mol. The van der Waals surface area contributed by atoms with Crippen molar-refractivity contribution in [3.63, 3.8) is 0 Å². The molecule has 8 heteroatoms. The molecule has 1 atom stereocenters. The number of nitrogens with zero attached hydrogens (tertiary/aromatic N) is 2. The van der Waals surface area contributed by atoms with Crippen molar-refractivity contribution in [3.8, 4) is 28.3 Å². The summed E-state index contributed by atoms with van der Waals surface area (Å²) in [6.07, 6.45) is 0.566. The smallest absolute Gasteiger partial charge is 0.260 e. The second kappa shape index (κ2) is 8.92. The van der Waals surface area contributed by atoms with E-state index in [-0.39, 0.29) is 35.5 Å². The van der Waals surface area contributed by atoms with Crippen LogP contribution in [0.25, 0.3) is 22.6 Å². The molecule has 1 heterocycles. The molecule has 5 nitrogen and oxygen atoms in total. The van der Waals surface area contributed by atoms with Gasteiger partial charge >= 0.3 is 0 Å². The lowest BCUT2D eigenvalue weighted by Crippen LogP contribution is -2.24. The third kappa shape index (κ3) is 4.61. The lowest BCUT2D eigenvalue weighted by atomic mass is 10.0. The summed E-state index contributed by atoms with van der Waals surface area (Å²) in [4.78, 5) is 4.22. The topological polar surface area (TPSA) is 60.2 Å². The van der Waals surface area contributed by atoms with Crippen LogP contribution in [0.2, 0.25) is 0 Å². The van der Waals surface area contributed by atoms with Gasteiger partial charge in [0.25, 0.3) is 5.89 Å². The van der Waals surface area contributed by atoms with Crippen LogP contribution in [0.3, 0.4) is 0 Å². The fourth-order valence-electron chi connectivity index (χ4n) is 2.54. The molecule has 0 radical (unpaired) electrons. The summed E-state index contributed by atoms with van der Waals surface area (Å²) in [5.41, 5.74) is 0.874. The minimum absolute atomic E-state index is 0. The van der Waals surface area contributed by atoms with Crippen LogP contribution >= 0.6 is 12.4 Å². The van der Waals surface area contributed by atoms with E-state index in [2.05, 4.69) is 15.5 Å². The average molecular weight is 396 g/mol. The maximum absolute atomic E-state index is 14.5. The largest absolute Gasteiger partial charge is 0.497 e. The predicted molar refractivity (Wildman–Crippen MR) is 101 cm³/mol. The molecule has 0 saturated heterocycles. The van der Waals surface area contributed by atoms with Gasteiger partial charge in [0.1, 0.15) is 17.4 Å². The van der Waals surface area contributed by atoms with Crippen molar-refractivity contribution in [1.29, 1.82) is 0 Å². The summed E-state index contributed by atoms with van der Waals surface area (Å²) in [5.74, 6) is -0.0566. The number of hydrogen-bond donors (Lipinski definition) is 1. The Morgan fingerprint density at radius 1 is 1.11 bits per heavy atom. The Bertz CT molecular complexity index is 918. The molecule has 1 unspecified atom stereocenters. The number of methoxy groups -OCH3 is 1. The normalized spacial score (nSPS) is 11.7. The maximum Gasteiger partial charge on any atom is 0.260 e. The molecule has 0 bridgehead atoms. The molecule has 3 rings (SSSR count). The molecule has 0 saturated carbocycles. The van der Waals surface area contributed by atoms with Crippen molar-refractivity contribution >= 4 is 12.4 Å². The number of benzene rings is 2. The molecule has 1 N–H and O–H groups in total. The fraction of sp³-hybridized carbons (Fsp3) is 0.263. The number of halogens is 3. The average Bonchev–Trinajstić information content (AvgIpc) is 3.09. The van der Waals surface area contributed by atoms with E-state index in [1.165, 1.54) is 25.3 Å². The van der Waals surface area contributed by atoms with Crippen molar-refractivity contribution in [2.75, 3.05) is 14.2 Å². The molecule has 0 fully saturated rings. The molecule has 27 heavy (non-hydrogen) atoms. The zero-order chi connectivity index (χ0) is 18.7. The van der Waals surface area contributed by atoms with Crippen LogP contribution in [-0.2, 0) is 6.42 Å². The molecule has 144 valence electrons. The Kier molecular flexibility index (Phi) is 6.87. The van der Waals surface area contributed by atoms with E-state index in [4.69, 9.17) is 9.26 Å². The first-order valence-corrected chi connectivity index (χ1v) is 8.15. The SMILES string of the molecule is CNC(C)Cc1noc(-c2ccc(-c3ccc(OC)cc3F)cc2F)n1.Cl. The molecular weight excluding hydrogens is 376 g/mol. The van der Waals surface area contributed by atoms with Crippen LogP contribution in [0.15, 0.2) is 40.9 Å². The molecule has 2 aromatic carbocycles. The van der Waals surface area contributed by atoms with Crippen LogP contribution < -0.4 is 10.1 Å². The van der Waals surface area contributed by atoms with Crippen molar-refractivity contribution in [2.24, 2.45) is 0 Å². The third-order valence-corrected chi connectivity index (χ3v) is 4.14. The first kappa shape index (κ1) is 20.8. The van der Waals surface area contributed by atoms with Gasteiger partial charge in [-0.1, -0.05) is 11.2 Å². The highest BCUT2D eigenvalue weighted by Crippen LogP contribution is 2.30. The summed E-state index contributed by atoms with van der Waals surface area (Å²) in [6.45, 7) is 1.98. The highest BCUT2D eigenvalue weighted by Gasteiger charge is 2.16. The van der Waals surface area contributed by atoms with Gasteiger partial charge < -0.3 is 14.6 Å². The molecule has 0 amide bonds. The van der Waals surface area contributed by atoms with Crippen LogP contribution in [0, 0.1) is 11.6 Å². The second-order valence-electron chi connectivity index (χ2n) is 5.95. The molecule has 0 aliphatic rings. The minimum Gasteiger partial charge on any atom is -0.497 e. The van der Waals surface area contributed by atoms with Gasteiger partial charge in [0.15, 0.2) is 5.82 Å². The number of ether oxygens (including phenoxy) is 1. The molecule has 3 aromatic rings. The fourth-order valence-corrected chi connectivity index (χ4v) is 2.54. The van der Waals surface area contributed by atoms with Gasteiger partial charge in [-0.2, -0.15) is 4.98 Å². The summed E-state index contributed by atoms with van der Waals surface area (Å²) >= 11 is 0. The van der Waals surface area contributed by atoms with E-state index < -0.39 is 11.6 Å². The molecule has 0 aliphatic carbocycles. The Morgan fingerprint density at radius 3 is 2.44 bits per heavy atom. The highest BCUT2D eigenvalue weighted by atomic mass is 35.5. The number of aromatic nitrogens is 2. The van der Waals surface area contributed by atoms with E-state index in [1.807, 2.05) is 14.0 Å². The van der Waals surface area contributed by atoms with Crippen LogP contribution in [0.4, 0.5) is 8.78 Å². The van der Waals surface area contributed by atoms with Crippen LogP contribution in [0.1, 0.15) is 12.7 Å².